The van der Waals surface area contributed by atoms with Gasteiger partial charge in [0.15, 0.2) is 0 Å². The topological polar surface area (TPSA) is 123 Å². The summed E-state index contributed by atoms with van der Waals surface area (Å²) < 4.78 is 41.5. The molecule has 0 radical (unpaired) electrons. The Morgan fingerprint density at radius 2 is 1.64 bits per heavy atom. The molecule has 12 nitrogen and oxygen atoms in total. The third-order valence-corrected chi connectivity index (χ3v) is 12.9. The van der Waals surface area contributed by atoms with E-state index < -0.39 is 17.4 Å². The number of likely N-dealkylation sites (tertiary alicyclic amines) is 2. The van der Waals surface area contributed by atoms with Crippen LogP contribution in [0.5, 0.6) is 5.75 Å². The first kappa shape index (κ1) is 36.2. The number of hydrogen-bond donors (Lipinski definition) is 2. The Balaban J connectivity index is 0.776. The van der Waals surface area contributed by atoms with E-state index in [4.69, 9.17) is 9.47 Å². The fourth-order valence-corrected chi connectivity index (χ4v) is 9.40. The molecule has 53 heavy (non-hydrogen) atoms. The Bertz CT molecular complexity index is 1870. The number of H-pyrrole nitrogens is 1. The maximum atomic E-state index is 15.0. The van der Waals surface area contributed by atoms with Crippen molar-refractivity contribution in [3.63, 3.8) is 0 Å². The van der Waals surface area contributed by atoms with Gasteiger partial charge in [-0.25, -0.2) is 18.6 Å². The third-order valence-electron chi connectivity index (χ3n) is 11.6. The second-order valence-corrected chi connectivity index (χ2v) is 16.2. The monoisotopic (exact) mass is 751 g/mol. The van der Waals surface area contributed by atoms with Gasteiger partial charge < -0.3 is 19.4 Å². The zero-order chi connectivity index (χ0) is 36.5. The van der Waals surface area contributed by atoms with Crippen molar-refractivity contribution < 1.29 is 27.8 Å². The van der Waals surface area contributed by atoms with Gasteiger partial charge in [-0.15, -0.1) is 0 Å². The lowest BCUT2D eigenvalue weighted by atomic mass is 9.92. The number of imide groups is 1. The highest BCUT2D eigenvalue weighted by molar-refractivity contribution is 7.99. The van der Waals surface area contributed by atoms with Gasteiger partial charge in [0.1, 0.15) is 28.6 Å². The number of carbonyl (C=O) groups excluding carboxylic acids is 2. The summed E-state index contributed by atoms with van der Waals surface area (Å²) in [7, 11) is 0. The number of thioether (sulfide) groups is 1. The summed E-state index contributed by atoms with van der Waals surface area (Å²) in [6.07, 6.45) is 6.10. The van der Waals surface area contributed by atoms with Crippen molar-refractivity contribution in [2.45, 2.75) is 68.0 Å². The van der Waals surface area contributed by atoms with E-state index in [0.717, 1.165) is 91.0 Å². The van der Waals surface area contributed by atoms with Crippen molar-refractivity contribution >= 4 is 46.0 Å². The maximum Gasteiger partial charge on any atom is 0.328 e. The second-order valence-electron chi connectivity index (χ2n) is 14.9. The summed E-state index contributed by atoms with van der Waals surface area (Å²) in [5.74, 6) is 0.668. The molecule has 5 aliphatic heterocycles. The lowest BCUT2D eigenvalue weighted by molar-refractivity contribution is -0.120. The second kappa shape index (κ2) is 15.9. The Morgan fingerprint density at radius 1 is 0.868 bits per heavy atom. The largest absolute Gasteiger partial charge is 0.493 e. The number of aromatic amines is 1. The Hall–Kier alpha value is -3.79. The number of hydrogen-bond acceptors (Lipinski definition) is 10. The van der Waals surface area contributed by atoms with Crippen LogP contribution in [0.1, 0.15) is 50.8 Å². The van der Waals surface area contributed by atoms with Crippen LogP contribution in [-0.2, 0) is 15.3 Å². The number of piperidine rings is 2. The normalized spacial score (nSPS) is 22.0. The molecule has 3 aromatic rings. The number of amides is 3. The van der Waals surface area contributed by atoms with E-state index in [0.29, 0.717) is 64.1 Å². The third kappa shape index (κ3) is 8.18. The van der Waals surface area contributed by atoms with Crippen molar-refractivity contribution in [2.24, 2.45) is 5.92 Å². The fraction of sp³-hybridized carbons (Fsp3) is 0.579. The minimum atomic E-state index is -0.616. The Morgan fingerprint density at radius 3 is 2.40 bits per heavy atom. The molecule has 1 aromatic heterocycles. The standard InChI is InChI=1S/C38H47F2N7O5S/c39-30-2-1-26(47-14-7-35(48)43-38(47)50)17-33(30)45-12-5-25(6-13-45)46-20-27(21-46)44-10-3-24(4-11-44)22-52-28-18-31(40)36-32(19-28)41-34(42-37(36)49)23-53-29-8-15-51-16-9-29/h1-2,17-19,24-25,27,29H,3-16,20-23H2,(H,41,42,49)(H,43,48,50). The number of anilines is 2. The van der Waals surface area contributed by atoms with Gasteiger partial charge in [0.25, 0.3) is 5.56 Å². The number of urea groups is 1. The predicted molar refractivity (Wildman–Crippen MR) is 200 cm³/mol. The van der Waals surface area contributed by atoms with E-state index in [1.807, 2.05) is 0 Å². The van der Waals surface area contributed by atoms with Crippen LogP contribution in [0.15, 0.2) is 35.1 Å². The van der Waals surface area contributed by atoms with Crippen LogP contribution in [0.2, 0.25) is 0 Å². The Kier molecular flexibility index (Phi) is 10.9. The molecule has 5 fully saturated rings. The molecule has 0 spiro atoms. The number of halogens is 2. The molecular weight excluding hydrogens is 705 g/mol. The molecule has 0 atom stereocenters. The van der Waals surface area contributed by atoms with Crippen LogP contribution in [0, 0.1) is 17.6 Å². The number of fused-ring (bicyclic) bond motifs is 1. The van der Waals surface area contributed by atoms with Crippen LogP contribution in [0.4, 0.5) is 25.0 Å². The number of aromatic nitrogens is 2. The van der Waals surface area contributed by atoms with Crippen LogP contribution in [0.25, 0.3) is 10.9 Å². The number of carbonyl (C=O) groups is 2. The minimum absolute atomic E-state index is 0.0327. The number of rotatable bonds is 10. The first-order chi connectivity index (χ1) is 25.8. The van der Waals surface area contributed by atoms with Gasteiger partial charge in [0.05, 0.1) is 23.6 Å². The molecular formula is C38H47F2N7O5S. The summed E-state index contributed by atoms with van der Waals surface area (Å²) in [6, 6.07) is 8.24. The highest BCUT2D eigenvalue weighted by Gasteiger charge is 2.38. The van der Waals surface area contributed by atoms with Gasteiger partial charge in [-0.2, -0.15) is 11.8 Å². The zero-order valence-corrected chi connectivity index (χ0v) is 30.7. The SMILES string of the molecule is O=C1CCN(c2ccc(F)c(N3CCC(N4CC(N5CCC(COc6cc(F)c7c(=O)[nH]c(CSC8CCOCC8)nc7c6)CC5)C4)CC3)c2)C(=O)N1. The molecule has 0 saturated carbocycles. The molecule has 6 heterocycles. The maximum absolute atomic E-state index is 15.0. The van der Waals surface area contributed by atoms with Crippen molar-refractivity contribution in [1.29, 1.82) is 0 Å². The number of benzene rings is 2. The molecule has 2 N–H and O–H groups in total. The fourth-order valence-electron chi connectivity index (χ4n) is 8.35. The summed E-state index contributed by atoms with van der Waals surface area (Å²) in [6.45, 7) is 7.85. The molecule has 2 aromatic carbocycles. The van der Waals surface area contributed by atoms with E-state index in [2.05, 4.69) is 30.0 Å². The molecule has 0 bridgehead atoms. The van der Waals surface area contributed by atoms with Crippen molar-refractivity contribution in [2.75, 3.05) is 75.4 Å². The van der Waals surface area contributed by atoms with Gasteiger partial charge >= 0.3 is 6.03 Å². The average molecular weight is 752 g/mol. The first-order valence-corrected chi connectivity index (χ1v) is 20.0. The van der Waals surface area contributed by atoms with Gasteiger partial charge in [0, 0.05) is 87.5 Å². The van der Waals surface area contributed by atoms with Crippen LogP contribution < -0.4 is 25.4 Å². The predicted octanol–water partition coefficient (Wildman–Crippen LogP) is 4.50. The van der Waals surface area contributed by atoms with Gasteiger partial charge in [-0.1, -0.05) is 0 Å². The molecule has 5 aliphatic rings. The van der Waals surface area contributed by atoms with Gasteiger partial charge in [-0.3, -0.25) is 29.6 Å². The molecule has 5 saturated heterocycles. The first-order valence-electron chi connectivity index (χ1n) is 19.0. The molecule has 0 unspecified atom stereocenters. The number of ether oxygens (including phenoxy) is 2. The molecule has 3 amide bonds. The summed E-state index contributed by atoms with van der Waals surface area (Å²) in [4.78, 5) is 52.7. The molecule has 284 valence electrons. The van der Waals surface area contributed by atoms with E-state index >= 15 is 4.39 Å². The molecule has 8 rings (SSSR count). The van der Waals surface area contributed by atoms with Crippen LogP contribution in [-0.4, -0.2) is 115 Å². The molecule has 0 aliphatic carbocycles. The van der Waals surface area contributed by atoms with Crippen molar-refractivity contribution in [3.05, 3.63) is 58.1 Å². The summed E-state index contributed by atoms with van der Waals surface area (Å²) >= 11 is 1.75. The summed E-state index contributed by atoms with van der Waals surface area (Å²) in [5, 5.41) is 2.77. The highest BCUT2D eigenvalue weighted by atomic mass is 32.2. The lowest BCUT2D eigenvalue weighted by Gasteiger charge is -2.52. The quantitative estimate of drug-likeness (QED) is 0.306. The van der Waals surface area contributed by atoms with E-state index in [-0.39, 0.29) is 30.1 Å². The number of nitrogens with one attached hydrogen (secondary N) is 2. The van der Waals surface area contributed by atoms with E-state index in [1.54, 1.807) is 30.0 Å². The Labute approximate surface area is 311 Å². The van der Waals surface area contributed by atoms with E-state index in [1.165, 1.54) is 17.0 Å². The zero-order valence-electron chi connectivity index (χ0n) is 29.9. The lowest BCUT2D eigenvalue weighted by Crippen LogP contribution is -2.64. The van der Waals surface area contributed by atoms with Gasteiger partial charge in [0.2, 0.25) is 5.91 Å². The minimum Gasteiger partial charge on any atom is -0.493 e. The van der Waals surface area contributed by atoms with Crippen molar-refractivity contribution in [3.8, 4) is 5.75 Å². The van der Waals surface area contributed by atoms with E-state index in [9.17, 15) is 18.8 Å². The highest BCUT2D eigenvalue weighted by Crippen LogP contribution is 2.33. The van der Waals surface area contributed by atoms with Crippen LogP contribution >= 0.6 is 11.8 Å². The summed E-state index contributed by atoms with van der Waals surface area (Å²) in [5.41, 5.74) is 0.960. The smallest absolute Gasteiger partial charge is 0.328 e. The number of nitrogens with zero attached hydrogens (tertiary/aromatic N) is 5. The molecule has 15 heteroatoms. The average Bonchev–Trinajstić information content (AvgIpc) is 3.14. The van der Waals surface area contributed by atoms with Gasteiger partial charge in [-0.05, 0) is 75.7 Å². The van der Waals surface area contributed by atoms with Crippen LogP contribution in [0.3, 0.4) is 0 Å². The van der Waals surface area contributed by atoms with Crippen molar-refractivity contribution in [1.82, 2.24) is 25.1 Å².